The standard InChI is InChI=1S/C17H11ClF3N3O2S/c18-15-13(10-4-2-1-3-5-10)14(23-16(24-15)17(19,20)21)11-6-8-12(9-7-11)27(22,25)26/h1-9H,(H2,22,25,26). The van der Waals surface area contributed by atoms with Gasteiger partial charge in [-0.2, -0.15) is 13.2 Å². The molecule has 1 heterocycles. The van der Waals surface area contributed by atoms with Crippen LogP contribution in [-0.4, -0.2) is 18.4 Å². The molecule has 0 unspecified atom stereocenters. The number of benzene rings is 2. The van der Waals surface area contributed by atoms with E-state index in [1.165, 1.54) is 24.3 Å². The summed E-state index contributed by atoms with van der Waals surface area (Å²) in [7, 11) is -3.94. The van der Waals surface area contributed by atoms with Gasteiger partial charge in [0.15, 0.2) is 0 Å². The Morgan fingerprint density at radius 3 is 2.00 bits per heavy atom. The fourth-order valence-electron chi connectivity index (χ4n) is 2.43. The van der Waals surface area contributed by atoms with E-state index in [2.05, 4.69) is 9.97 Å². The van der Waals surface area contributed by atoms with Gasteiger partial charge in [-0.25, -0.2) is 23.5 Å². The highest BCUT2D eigenvalue weighted by Crippen LogP contribution is 2.38. The molecule has 0 atom stereocenters. The summed E-state index contributed by atoms with van der Waals surface area (Å²) < 4.78 is 62.2. The molecule has 0 aliphatic heterocycles. The topological polar surface area (TPSA) is 85.9 Å². The first-order chi connectivity index (χ1) is 12.6. The minimum Gasteiger partial charge on any atom is -0.225 e. The number of aromatic nitrogens is 2. The van der Waals surface area contributed by atoms with Crippen LogP contribution in [0.2, 0.25) is 5.15 Å². The molecule has 27 heavy (non-hydrogen) atoms. The Balaban J connectivity index is 2.27. The van der Waals surface area contributed by atoms with Gasteiger partial charge < -0.3 is 0 Å². The largest absolute Gasteiger partial charge is 0.451 e. The Labute approximate surface area is 157 Å². The molecule has 0 saturated carbocycles. The highest BCUT2D eigenvalue weighted by molar-refractivity contribution is 7.89. The van der Waals surface area contributed by atoms with E-state index in [9.17, 15) is 21.6 Å². The average Bonchev–Trinajstić information content (AvgIpc) is 2.60. The van der Waals surface area contributed by atoms with E-state index in [0.29, 0.717) is 5.56 Å². The minimum atomic E-state index is -4.80. The van der Waals surface area contributed by atoms with Crippen molar-refractivity contribution in [3.05, 3.63) is 65.6 Å². The van der Waals surface area contributed by atoms with Crippen LogP contribution in [0, 0.1) is 0 Å². The summed E-state index contributed by atoms with van der Waals surface area (Å²) in [5, 5.41) is 4.68. The zero-order valence-corrected chi connectivity index (χ0v) is 15.0. The molecule has 0 spiro atoms. The molecule has 10 heteroatoms. The van der Waals surface area contributed by atoms with Crippen molar-refractivity contribution in [2.24, 2.45) is 5.14 Å². The van der Waals surface area contributed by atoms with Crippen molar-refractivity contribution in [2.75, 3.05) is 0 Å². The van der Waals surface area contributed by atoms with Crippen LogP contribution in [0.1, 0.15) is 5.82 Å². The normalized spacial score (nSPS) is 12.2. The summed E-state index contributed by atoms with van der Waals surface area (Å²) in [6, 6.07) is 13.4. The van der Waals surface area contributed by atoms with Gasteiger partial charge in [-0.1, -0.05) is 54.1 Å². The third-order valence-corrected chi connectivity index (χ3v) is 4.84. The second-order valence-corrected chi connectivity index (χ2v) is 7.41. The molecule has 0 fully saturated rings. The molecule has 3 aromatic rings. The van der Waals surface area contributed by atoms with Crippen molar-refractivity contribution >= 4 is 21.6 Å². The van der Waals surface area contributed by atoms with Crippen molar-refractivity contribution in [3.63, 3.8) is 0 Å². The van der Waals surface area contributed by atoms with Crippen LogP contribution in [0.4, 0.5) is 13.2 Å². The van der Waals surface area contributed by atoms with Gasteiger partial charge >= 0.3 is 6.18 Å². The van der Waals surface area contributed by atoms with Crippen LogP contribution < -0.4 is 5.14 Å². The first-order valence-corrected chi connectivity index (χ1v) is 9.33. The summed E-state index contributed by atoms with van der Waals surface area (Å²) in [6.45, 7) is 0. The van der Waals surface area contributed by atoms with Gasteiger partial charge in [0.2, 0.25) is 15.8 Å². The molecule has 0 bridgehead atoms. The van der Waals surface area contributed by atoms with Gasteiger partial charge in [0.1, 0.15) is 5.15 Å². The fourth-order valence-corrected chi connectivity index (χ4v) is 3.23. The van der Waals surface area contributed by atoms with E-state index in [1.807, 2.05) is 0 Å². The van der Waals surface area contributed by atoms with E-state index in [1.54, 1.807) is 30.3 Å². The molecule has 0 aliphatic rings. The molecule has 140 valence electrons. The van der Waals surface area contributed by atoms with Crippen LogP contribution >= 0.6 is 11.6 Å². The second-order valence-electron chi connectivity index (χ2n) is 5.49. The Bertz CT molecular complexity index is 1090. The molecule has 2 aromatic carbocycles. The summed E-state index contributed by atoms with van der Waals surface area (Å²) in [6.07, 6.45) is -4.80. The number of rotatable bonds is 3. The number of nitrogens with zero attached hydrogens (tertiary/aromatic N) is 2. The molecule has 3 rings (SSSR count). The van der Waals surface area contributed by atoms with Crippen molar-refractivity contribution in [2.45, 2.75) is 11.1 Å². The van der Waals surface area contributed by atoms with E-state index >= 15 is 0 Å². The number of hydrogen-bond acceptors (Lipinski definition) is 4. The molecule has 0 aliphatic carbocycles. The van der Waals surface area contributed by atoms with E-state index in [-0.39, 0.29) is 26.9 Å². The molecule has 5 nitrogen and oxygen atoms in total. The molecule has 0 saturated heterocycles. The van der Waals surface area contributed by atoms with Crippen LogP contribution in [-0.2, 0) is 16.2 Å². The van der Waals surface area contributed by atoms with Crippen LogP contribution in [0.15, 0.2) is 59.5 Å². The summed E-state index contributed by atoms with van der Waals surface area (Å²) >= 11 is 6.06. The Morgan fingerprint density at radius 2 is 1.48 bits per heavy atom. The van der Waals surface area contributed by atoms with Crippen molar-refractivity contribution < 1.29 is 21.6 Å². The van der Waals surface area contributed by atoms with Gasteiger partial charge in [-0.15, -0.1) is 0 Å². The molecule has 0 amide bonds. The maximum atomic E-state index is 13.1. The highest BCUT2D eigenvalue weighted by Gasteiger charge is 2.36. The maximum absolute atomic E-state index is 13.1. The summed E-state index contributed by atoms with van der Waals surface area (Å²) in [4.78, 5) is 6.84. The fraction of sp³-hybridized carbons (Fsp3) is 0.0588. The van der Waals surface area contributed by atoms with Gasteiger partial charge in [-0.05, 0) is 17.7 Å². The Kier molecular flexibility index (Phi) is 4.94. The second kappa shape index (κ2) is 6.91. The number of sulfonamides is 1. The van der Waals surface area contributed by atoms with Crippen LogP contribution in [0.25, 0.3) is 22.4 Å². The predicted octanol–water partition coefficient (Wildman–Crippen LogP) is 4.13. The van der Waals surface area contributed by atoms with Crippen molar-refractivity contribution in [1.82, 2.24) is 9.97 Å². The smallest absolute Gasteiger partial charge is 0.225 e. The molecular weight excluding hydrogens is 403 g/mol. The SMILES string of the molecule is NS(=O)(=O)c1ccc(-c2nc(C(F)(F)F)nc(Cl)c2-c2ccccc2)cc1. The van der Waals surface area contributed by atoms with Gasteiger partial charge in [0.05, 0.1) is 10.6 Å². The first-order valence-electron chi connectivity index (χ1n) is 7.41. The lowest BCUT2D eigenvalue weighted by Crippen LogP contribution is -2.13. The number of nitrogens with two attached hydrogens (primary N) is 1. The van der Waals surface area contributed by atoms with Crippen molar-refractivity contribution in [1.29, 1.82) is 0 Å². The molecule has 1 aromatic heterocycles. The van der Waals surface area contributed by atoms with E-state index in [0.717, 1.165) is 0 Å². The lowest BCUT2D eigenvalue weighted by molar-refractivity contribution is -0.144. The zero-order valence-electron chi connectivity index (χ0n) is 13.4. The lowest BCUT2D eigenvalue weighted by Gasteiger charge is -2.14. The summed E-state index contributed by atoms with van der Waals surface area (Å²) in [5.41, 5.74) is 0.876. The van der Waals surface area contributed by atoms with Crippen LogP contribution in [0.5, 0.6) is 0 Å². The van der Waals surface area contributed by atoms with Crippen LogP contribution in [0.3, 0.4) is 0 Å². The average molecular weight is 414 g/mol. The minimum absolute atomic E-state index is 0.0745. The third-order valence-electron chi connectivity index (χ3n) is 3.64. The van der Waals surface area contributed by atoms with Gasteiger partial charge in [0.25, 0.3) is 0 Å². The Morgan fingerprint density at radius 1 is 0.889 bits per heavy atom. The number of alkyl halides is 3. The van der Waals surface area contributed by atoms with Gasteiger partial charge in [0, 0.05) is 11.1 Å². The van der Waals surface area contributed by atoms with Crippen molar-refractivity contribution in [3.8, 4) is 22.4 Å². The maximum Gasteiger partial charge on any atom is 0.451 e. The zero-order chi connectivity index (χ0) is 19.8. The Hall–Kier alpha value is -2.49. The monoisotopic (exact) mass is 413 g/mol. The van der Waals surface area contributed by atoms with E-state index < -0.39 is 22.0 Å². The lowest BCUT2D eigenvalue weighted by atomic mass is 10.0. The van der Waals surface area contributed by atoms with E-state index in [4.69, 9.17) is 16.7 Å². The first kappa shape index (κ1) is 19.3. The summed E-state index contributed by atoms with van der Waals surface area (Å²) in [5.74, 6) is -1.39. The number of halogens is 4. The third kappa shape index (κ3) is 4.10. The van der Waals surface area contributed by atoms with Gasteiger partial charge in [-0.3, -0.25) is 0 Å². The molecule has 2 N–H and O–H groups in total. The highest BCUT2D eigenvalue weighted by atomic mass is 35.5. The quantitative estimate of drug-likeness (QED) is 0.654. The molecular formula is C17H11ClF3N3O2S. The number of hydrogen-bond donors (Lipinski definition) is 1. The predicted molar refractivity (Wildman–Crippen MR) is 94.3 cm³/mol. The number of primary sulfonamides is 1. The molecule has 0 radical (unpaired) electrons.